The van der Waals surface area contributed by atoms with E-state index in [2.05, 4.69) is 15.9 Å². The van der Waals surface area contributed by atoms with Crippen LogP contribution in [0.1, 0.15) is 36.0 Å². The fourth-order valence-corrected chi connectivity index (χ4v) is 3.84. The van der Waals surface area contributed by atoms with Gasteiger partial charge in [0.25, 0.3) is 0 Å². The second-order valence-electron chi connectivity index (χ2n) is 5.80. The zero-order valence-corrected chi connectivity index (χ0v) is 13.6. The molecule has 2 aromatic carbocycles. The van der Waals surface area contributed by atoms with Gasteiger partial charge in [-0.2, -0.15) is 0 Å². The summed E-state index contributed by atoms with van der Waals surface area (Å²) in [5, 5.41) is 0.842. The highest BCUT2D eigenvalue weighted by molar-refractivity contribution is 9.09. The molecule has 0 radical (unpaired) electrons. The molecule has 0 aromatic heterocycles. The monoisotopic (exact) mass is 368 g/mol. The van der Waals surface area contributed by atoms with Crippen molar-refractivity contribution in [3.8, 4) is 0 Å². The van der Waals surface area contributed by atoms with E-state index in [4.69, 9.17) is 0 Å². The van der Waals surface area contributed by atoms with Gasteiger partial charge in [0.15, 0.2) is 11.6 Å². The van der Waals surface area contributed by atoms with Gasteiger partial charge in [-0.05, 0) is 66.6 Å². The first-order chi connectivity index (χ1) is 10.6. The molecule has 2 aromatic rings. The third-order valence-corrected chi connectivity index (χ3v) is 5.18. The van der Waals surface area contributed by atoms with Crippen LogP contribution in [0.5, 0.6) is 0 Å². The molecule has 0 nitrogen and oxygen atoms in total. The molecule has 22 heavy (non-hydrogen) atoms. The topological polar surface area (TPSA) is 0 Å². The fourth-order valence-electron chi connectivity index (χ4n) is 3.56. The SMILES string of the molecule is Fc1ccc(C2(CCCBr)CCc3cc(F)c(F)cc32)cc1. The second kappa shape index (κ2) is 6.07. The highest BCUT2D eigenvalue weighted by Crippen LogP contribution is 2.48. The summed E-state index contributed by atoms with van der Waals surface area (Å²) in [4.78, 5) is 0. The lowest BCUT2D eigenvalue weighted by Gasteiger charge is -2.31. The minimum absolute atomic E-state index is 0.289. The minimum atomic E-state index is -0.814. The van der Waals surface area contributed by atoms with Gasteiger partial charge in [0, 0.05) is 10.7 Å². The lowest BCUT2D eigenvalue weighted by Crippen LogP contribution is -2.25. The summed E-state index contributed by atoms with van der Waals surface area (Å²) in [6.45, 7) is 0. The van der Waals surface area contributed by atoms with Crippen molar-refractivity contribution in [2.75, 3.05) is 5.33 Å². The first kappa shape index (κ1) is 15.6. The van der Waals surface area contributed by atoms with E-state index in [1.54, 1.807) is 12.1 Å². The standard InChI is InChI=1S/C18H16BrF3/c19-9-1-7-18(13-2-4-14(20)5-3-13)8-6-12-10-16(21)17(22)11-15(12)18/h2-5,10-11H,1,6-9H2. The van der Waals surface area contributed by atoms with Crippen molar-refractivity contribution in [3.05, 3.63) is 70.5 Å². The van der Waals surface area contributed by atoms with E-state index in [0.29, 0.717) is 6.42 Å². The number of hydrogen-bond acceptors (Lipinski definition) is 0. The number of halogens is 4. The predicted molar refractivity (Wildman–Crippen MR) is 84.9 cm³/mol. The molecule has 0 aliphatic heterocycles. The Kier molecular flexibility index (Phi) is 4.31. The summed E-state index contributed by atoms with van der Waals surface area (Å²) >= 11 is 3.44. The van der Waals surface area contributed by atoms with Crippen LogP contribution in [0.25, 0.3) is 0 Å². The Morgan fingerprint density at radius 3 is 2.36 bits per heavy atom. The van der Waals surface area contributed by atoms with Crippen LogP contribution in [0.3, 0.4) is 0 Å². The molecule has 1 atom stereocenters. The number of hydrogen-bond donors (Lipinski definition) is 0. The molecular formula is C18H16BrF3. The van der Waals surface area contributed by atoms with E-state index in [1.807, 2.05) is 0 Å². The molecule has 1 unspecified atom stereocenters. The van der Waals surface area contributed by atoms with Crippen LogP contribution in [-0.2, 0) is 11.8 Å². The van der Waals surface area contributed by atoms with E-state index in [9.17, 15) is 13.2 Å². The Morgan fingerprint density at radius 1 is 1.00 bits per heavy atom. The first-order valence-electron chi connectivity index (χ1n) is 7.37. The molecule has 0 bridgehead atoms. The van der Waals surface area contributed by atoms with E-state index >= 15 is 0 Å². The van der Waals surface area contributed by atoms with Gasteiger partial charge in [-0.3, -0.25) is 0 Å². The zero-order valence-electron chi connectivity index (χ0n) is 12.0. The summed E-state index contributed by atoms with van der Waals surface area (Å²) in [5.41, 5.74) is 2.32. The molecule has 116 valence electrons. The van der Waals surface area contributed by atoms with Gasteiger partial charge in [0.2, 0.25) is 0 Å². The summed E-state index contributed by atoms with van der Waals surface area (Å²) in [6.07, 6.45) is 3.24. The summed E-state index contributed by atoms with van der Waals surface area (Å²) in [5.74, 6) is -1.90. The Hall–Kier alpha value is -1.29. The van der Waals surface area contributed by atoms with Crippen LogP contribution in [0.2, 0.25) is 0 Å². The van der Waals surface area contributed by atoms with Crippen LogP contribution in [0.15, 0.2) is 36.4 Å². The molecular weight excluding hydrogens is 353 g/mol. The van der Waals surface area contributed by atoms with Crippen LogP contribution in [0, 0.1) is 17.5 Å². The normalized spacial score (nSPS) is 20.2. The number of aryl methyl sites for hydroxylation is 1. The van der Waals surface area contributed by atoms with Crippen LogP contribution in [-0.4, -0.2) is 5.33 Å². The highest BCUT2D eigenvalue weighted by atomic mass is 79.9. The van der Waals surface area contributed by atoms with Gasteiger partial charge in [-0.1, -0.05) is 28.1 Å². The average molecular weight is 369 g/mol. The van der Waals surface area contributed by atoms with Gasteiger partial charge in [0.05, 0.1) is 0 Å². The van der Waals surface area contributed by atoms with Crippen LogP contribution < -0.4 is 0 Å². The fraction of sp³-hybridized carbons (Fsp3) is 0.333. The Balaban J connectivity index is 2.14. The van der Waals surface area contributed by atoms with E-state index in [-0.39, 0.29) is 11.2 Å². The Morgan fingerprint density at radius 2 is 1.68 bits per heavy atom. The molecule has 3 rings (SSSR count). The van der Waals surface area contributed by atoms with E-state index in [1.165, 1.54) is 24.3 Å². The first-order valence-corrected chi connectivity index (χ1v) is 8.49. The average Bonchev–Trinajstić information content (AvgIpc) is 2.85. The van der Waals surface area contributed by atoms with Gasteiger partial charge in [-0.15, -0.1) is 0 Å². The molecule has 0 fully saturated rings. The lowest BCUT2D eigenvalue weighted by atomic mass is 9.72. The van der Waals surface area contributed by atoms with Gasteiger partial charge in [-0.25, -0.2) is 13.2 Å². The van der Waals surface area contributed by atoms with Crippen molar-refractivity contribution < 1.29 is 13.2 Å². The minimum Gasteiger partial charge on any atom is -0.207 e. The van der Waals surface area contributed by atoms with Crippen molar-refractivity contribution >= 4 is 15.9 Å². The number of alkyl halides is 1. The highest BCUT2D eigenvalue weighted by Gasteiger charge is 2.40. The zero-order chi connectivity index (χ0) is 15.7. The molecule has 0 spiro atoms. The maximum absolute atomic E-state index is 13.8. The number of fused-ring (bicyclic) bond motifs is 1. The smallest absolute Gasteiger partial charge is 0.159 e. The van der Waals surface area contributed by atoms with Crippen LogP contribution in [0.4, 0.5) is 13.2 Å². The van der Waals surface area contributed by atoms with Gasteiger partial charge >= 0.3 is 0 Å². The van der Waals surface area contributed by atoms with Crippen molar-refractivity contribution in [1.82, 2.24) is 0 Å². The summed E-state index contributed by atoms with van der Waals surface area (Å²) in [6, 6.07) is 9.03. The van der Waals surface area contributed by atoms with E-state index < -0.39 is 11.6 Å². The Bertz CT molecular complexity index is 681. The van der Waals surface area contributed by atoms with Crippen molar-refractivity contribution in [3.63, 3.8) is 0 Å². The summed E-state index contributed by atoms with van der Waals surface area (Å²) < 4.78 is 40.5. The molecule has 0 amide bonds. The quantitative estimate of drug-likeness (QED) is 0.624. The Labute approximate surface area is 136 Å². The molecule has 0 saturated heterocycles. The number of benzene rings is 2. The molecule has 0 heterocycles. The number of rotatable bonds is 4. The van der Waals surface area contributed by atoms with Crippen molar-refractivity contribution in [1.29, 1.82) is 0 Å². The summed E-state index contributed by atoms with van der Waals surface area (Å²) in [7, 11) is 0. The van der Waals surface area contributed by atoms with Crippen molar-refractivity contribution in [2.45, 2.75) is 31.1 Å². The third-order valence-electron chi connectivity index (χ3n) is 4.62. The maximum atomic E-state index is 13.8. The molecule has 0 saturated carbocycles. The lowest BCUT2D eigenvalue weighted by molar-refractivity contribution is 0.458. The molecule has 1 aliphatic rings. The third kappa shape index (κ3) is 2.58. The van der Waals surface area contributed by atoms with Gasteiger partial charge in [0.1, 0.15) is 5.82 Å². The molecule has 4 heteroatoms. The van der Waals surface area contributed by atoms with E-state index in [0.717, 1.165) is 41.3 Å². The predicted octanol–water partition coefficient (Wildman–Crippen LogP) is 5.51. The van der Waals surface area contributed by atoms with Crippen LogP contribution >= 0.6 is 15.9 Å². The van der Waals surface area contributed by atoms with Gasteiger partial charge < -0.3 is 0 Å². The molecule has 1 aliphatic carbocycles. The van der Waals surface area contributed by atoms with Crippen molar-refractivity contribution in [2.24, 2.45) is 0 Å². The molecule has 0 N–H and O–H groups in total. The second-order valence-corrected chi connectivity index (χ2v) is 6.60. The maximum Gasteiger partial charge on any atom is 0.159 e. The largest absolute Gasteiger partial charge is 0.207 e.